The normalized spacial score (nSPS) is 20.7. The molecule has 0 unspecified atom stereocenters. The zero-order chi connectivity index (χ0) is 20.5. The van der Waals surface area contributed by atoms with Crippen molar-refractivity contribution in [2.75, 3.05) is 46.3 Å². The quantitative estimate of drug-likeness (QED) is 0.386. The molecule has 3 heterocycles. The molecule has 2 aliphatic heterocycles. The molecule has 0 aromatic carbocycles. The number of hydrogen-bond acceptors (Lipinski definition) is 5. The summed E-state index contributed by atoms with van der Waals surface area (Å²) in [5.41, 5.74) is 1.24. The third-order valence-electron chi connectivity index (χ3n) is 6.09. The van der Waals surface area contributed by atoms with Crippen LogP contribution in [0, 0.1) is 5.92 Å². The summed E-state index contributed by atoms with van der Waals surface area (Å²) in [5.74, 6) is 1.69. The van der Waals surface area contributed by atoms with Crippen molar-refractivity contribution in [3.05, 3.63) is 28.7 Å². The van der Waals surface area contributed by atoms with Gasteiger partial charge in [0, 0.05) is 51.2 Å². The predicted octanol–water partition coefficient (Wildman–Crippen LogP) is 2.73. The summed E-state index contributed by atoms with van der Waals surface area (Å²) in [6.07, 6.45) is 7.87. The number of piperidine rings is 2. The van der Waals surface area contributed by atoms with Crippen molar-refractivity contribution in [3.63, 3.8) is 0 Å². The van der Waals surface area contributed by atoms with Gasteiger partial charge in [-0.15, -0.1) is 17.9 Å². The van der Waals surface area contributed by atoms with E-state index in [2.05, 4.69) is 44.3 Å². The first kappa shape index (κ1) is 22.2. The Morgan fingerprint density at radius 1 is 1.24 bits per heavy atom. The van der Waals surface area contributed by atoms with Crippen LogP contribution in [0.4, 0.5) is 0 Å². The summed E-state index contributed by atoms with van der Waals surface area (Å²) in [7, 11) is 1.88. The molecule has 0 bridgehead atoms. The number of thiazole rings is 1. The number of likely N-dealkylation sites (tertiary alicyclic amines) is 2. The fourth-order valence-corrected chi connectivity index (χ4v) is 4.97. The second-order valence-corrected chi connectivity index (χ2v) is 9.21. The van der Waals surface area contributed by atoms with Crippen LogP contribution in [-0.4, -0.2) is 73.1 Å². The highest BCUT2D eigenvalue weighted by atomic mass is 32.1. The van der Waals surface area contributed by atoms with Gasteiger partial charge in [0.25, 0.3) is 0 Å². The highest BCUT2D eigenvalue weighted by molar-refractivity contribution is 7.09. The molecule has 2 fully saturated rings. The number of nitrogens with one attached hydrogen (secondary N) is 2. The summed E-state index contributed by atoms with van der Waals surface area (Å²) >= 11 is 1.79. The van der Waals surface area contributed by atoms with E-state index in [-0.39, 0.29) is 0 Å². The fourth-order valence-electron chi connectivity index (χ4n) is 4.23. The Hall–Kier alpha value is -1.44. The smallest absolute Gasteiger partial charge is 0.191 e. The molecule has 2 aliphatic rings. The van der Waals surface area contributed by atoms with Crippen molar-refractivity contribution in [1.29, 1.82) is 0 Å². The van der Waals surface area contributed by atoms with Crippen LogP contribution in [0.25, 0.3) is 0 Å². The van der Waals surface area contributed by atoms with Crippen LogP contribution < -0.4 is 10.6 Å². The van der Waals surface area contributed by atoms with Gasteiger partial charge in [-0.2, -0.15) is 0 Å². The molecule has 0 saturated carbocycles. The third-order valence-corrected chi connectivity index (χ3v) is 7.13. The van der Waals surface area contributed by atoms with Gasteiger partial charge >= 0.3 is 0 Å². The zero-order valence-corrected chi connectivity index (χ0v) is 19.0. The number of hydrogen-bond donors (Lipinski definition) is 2. The second-order valence-electron chi connectivity index (χ2n) is 8.27. The molecule has 0 aliphatic carbocycles. The minimum Gasteiger partial charge on any atom is -0.356 e. The molecule has 6 nitrogen and oxygen atoms in total. The van der Waals surface area contributed by atoms with Crippen LogP contribution in [0.2, 0.25) is 0 Å². The molecular weight excluding hydrogens is 380 g/mol. The minimum atomic E-state index is 0.523. The Bertz CT molecular complexity index is 641. The molecule has 0 amide bonds. The SMILES string of the molecule is C=CCN1CCC(NC(=NC)NCC2CCN(Cc3csc(CC)n3)CC2)CC1. The van der Waals surface area contributed by atoms with E-state index >= 15 is 0 Å². The Morgan fingerprint density at radius 2 is 1.97 bits per heavy atom. The topological polar surface area (TPSA) is 55.8 Å². The number of rotatable bonds is 8. The van der Waals surface area contributed by atoms with Crippen LogP contribution >= 0.6 is 11.3 Å². The van der Waals surface area contributed by atoms with Crippen LogP contribution in [0.15, 0.2) is 23.0 Å². The lowest BCUT2D eigenvalue weighted by atomic mass is 9.97. The minimum absolute atomic E-state index is 0.523. The highest BCUT2D eigenvalue weighted by Gasteiger charge is 2.22. The first-order valence-electron chi connectivity index (χ1n) is 11.2. The largest absolute Gasteiger partial charge is 0.356 e. The van der Waals surface area contributed by atoms with Crippen molar-refractivity contribution < 1.29 is 0 Å². The summed E-state index contributed by atoms with van der Waals surface area (Å²) in [5, 5.41) is 10.7. The first-order chi connectivity index (χ1) is 14.2. The van der Waals surface area contributed by atoms with Gasteiger partial charge in [-0.3, -0.25) is 14.8 Å². The molecule has 0 atom stereocenters. The van der Waals surface area contributed by atoms with E-state index in [1.165, 1.54) is 49.5 Å². The average Bonchev–Trinajstić information content (AvgIpc) is 3.21. The van der Waals surface area contributed by atoms with Crippen LogP contribution in [0.3, 0.4) is 0 Å². The Balaban J connectivity index is 1.33. The highest BCUT2D eigenvalue weighted by Crippen LogP contribution is 2.19. The number of aryl methyl sites for hydroxylation is 1. The van der Waals surface area contributed by atoms with E-state index in [0.29, 0.717) is 6.04 Å². The van der Waals surface area contributed by atoms with Crippen molar-refractivity contribution in [3.8, 4) is 0 Å². The maximum atomic E-state index is 4.72. The van der Waals surface area contributed by atoms with E-state index in [4.69, 9.17) is 4.98 Å². The van der Waals surface area contributed by atoms with E-state index in [1.807, 2.05) is 13.1 Å². The molecule has 162 valence electrons. The van der Waals surface area contributed by atoms with E-state index in [0.717, 1.165) is 51.0 Å². The molecule has 0 spiro atoms. The molecule has 3 rings (SSSR count). The molecule has 29 heavy (non-hydrogen) atoms. The summed E-state index contributed by atoms with van der Waals surface area (Å²) in [6.45, 7) is 13.6. The fraction of sp³-hybridized carbons (Fsp3) is 0.727. The molecule has 7 heteroatoms. The lowest BCUT2D eigenvalue weighted by molar-refractivity contribution is 0.176. The summed E-state index contributed by atoms with van der Waals surface area (Å²) < 4.78 is 0. The second kappa shape index (κ2) is 11.7. The van der Waals surface area contributed by atoms with Gasteiger partial charge in [0.2, 0.25) is 0 Å². The van der Waals surface area contributed by atoms with Crippen molar-refractivity contribution in [2.24, 2.45) is 10.9 Å². The number of nitrogens with zero attached hydrogens (tertiary/aromatic N) is 4. The Kier molecular flexibility index (Phi) is 8.95. The van der Waals surface area contributed by atoms with E-state index < -0.39 is 0 Å². The maximum absolute atomic E-state index is 4.72. The average molecular weight is 419 g/mol. The third kappa shape index (κ3) is 7.08. The van der Waals surface area contributed by atoms with Gasteiger partial charge in [-0.05, 0) is 51.1 Å². The predicted molar refractivity (Wildman–Crippen MR) is 124 cm³/mol. The van der Waals surface area contributed by atoms with Gasteiger partial charge in [0.15, 0.2) is 5.96 Å². The first-order valence-corrected chi connectivity index (χ1v) is 12.0. The number of guanidine groups is 1. The Labute approximate surface area is 180 Å². The molecule has 2 N–H and O–H groups in total. The number of aliphatic imine (C=N–C) groups is 1. The van der Waals surface area contributed by atoms with Crippen molar-refractivity contribution in [1.82, 2.24) is 25.4 Å². The summed E-state index contributed by atoms with van der Waals surface area (Å²) in [4.78, 5) is 14.2. The van der Waals surface area contributed by atoms with Gasteiger partial charge in [-0.25, -0.2) is 4.98 Å². The molecule has 2 saturated heterocycles. The molecule has 1 aromatic heterocycles. The standard InChI is InChI=1S/C22H38N6S/c1-4-10-27-13-8-19(9-14-27)26-22(23-3)24-15-18-6-11-28(12-7-18)16-20-17-29-21(5-2)25-20/h4,17-19H,1,5-16H2,2-3H3,(H2,23,24,26). The Morgan fingerprint density at radius 3 is 2.59 bits per heavy atom. The van der Waals surface area contributed by atoms with Crippen LogP contribution in [0.1, 0.15) is 43.3 Å². The lowest BCUT2D eigenvalue weighted by Gasteiger charge is -2.33. The van der Waals surface area contributed by atoms with Crippen LogP contribution in [-0.2, 0) is 13.0 Å². The molecule has 1 aromatic rings. The van der Waals surface area contributed by atoms with E-state index in [9.17, 15) is 0 Å². The van der Waals surface area contributed by atoms with Gasteiger partial charge in [0.1, 0.15) is 0 Å². The zero-order valence-electron chi connectivity index (χ0n) is 18.2. The van der Waals surface area contributed by atoms with Gasteiger partial charge in [-0.1, -0.05) is 13.0 Å². The van der Waals surface area contributed by atoms with Crippen LogP contribution in [0.5, 0.6) is 0 Å². The van der Waals surface area contributed by atoms with E-state index in [1.54, 1.807) is 11.3 Å². The van der Waals surface area contributed by atoms with Gasteiger partial charge < -0.3 is 10.6 Å². The lowest BCUT2D eigenvalue weighted by Crippen LogP contribution is -2.49. The molecule has 0 radical (unpaired) electrons. The summed E-state index contributed by atoms with van der Waals surface area (Å²) in [6, 6.07) is 0.523. The van der Waals surface area contributed by atoms with Gasteiger partial charge in [0.05, 0.1) is 10.7 Å². The maximum Gasteiger partial charge on any atom is 0.191 e. The molecular formula is C22H38N6S. The number of aromatic nitrogens is 1. The van der Waals surface area contributed by atoms with Crippen molar-refractivity contribution >= 4 is 17.3 Å². The van der Waals surface area contributed by atoms with Crippen molar-refractivity contribution in [2.45, 2.75) is 51.6 Å². The monoisotopic (exact) mass is 418 g/mol.